The maximum atomic E-state index is 12.7. The Balaban J connectivity index is 1.64. The Labute approximate surface area is 125 Å². The summed E-state index contributed by atoms with van der Waals surface area (Å²) >= 11 is 0. The average molecular weight is 283 g/mol. The fourth-order valence-corrected chi connectivity index (χ4v) is 4.76. The van der Waals surface area contributed by atoms with Crippen molar-refractivity contribution in [1.29, 1.82) is 0 Å². The number of hydrogen-bond donors (Lipinski definition) is 0. The van der Waals surface area contributed by atoms with Gasteiger partial charge in [-0.15, -0.1) is 0 Å². The lowest BCUT2D eigenvalue weighted by Gasteiger charge is -2.19. The van der Waals surface area contributed by atoms with Gasteiger partial charge in [0.05, 0.1) is 17.5 Å². The standard InChI is InChI=1S/C18H21NO2/c1-2-3-11-4-8-14(9-5-11)19-17(20)15-12-6-7-13(10-12)16(15)18(19)21/h4-5,8-9,12-13,15-16H,2-3,6-7,10H2,1H3/t12-,13-,15-,16-/m0/s1. The number of anilines is 1. The van der Waals surface area contributed by atoms with Crippen LogP contribution in [0.3, 0.4) is 0 Å². The molecule has 2 saturated carbocycles. The summed E-state index contributed by atoms with van der Waals surface area (Å²) in [7, 11) is 0. The molecule has 0 N–H and O–H groups in total. The first-order valence-electron chi connectivity index (χ1n) is 8.17. The third kappa shape index (κ3) is 1.79. The summed E-state index contributed by atoms with van der Waals surface area (Å²) in [5.41, 5.74) is 2.03. The molecule has 3 heteroatoms. The number of hydrogen-bond acceptors (Lipinski definition) is 2. The Morgan fingerprint density at radius 2 is 1.57 bits per heavy atom. The van der Waals surface area contributed by atoms with Crippen molar-refractivity contribution in [1.82, 2.24) is 0 Å². The molecule has 0 aromatic heterocycles. The molecule has 2 aliphatic carbocycles. The summed E-state index contributed by atoms with van der Waals surface area (Å²) in [5, 5.41) is 0. The zero-order chi connectivity index (χ0) is 14.6. The molecule has 1 aromatic rings. The SMILES string of the molecule is CCCc1ccc(N2C(=O)[C@H]3[C@H]4CC[C@@H](C4)[C@@H]3C2=O)cc1. The molecule has 0 radical (unpaired) electrons. The van der Waals surface area contributed by atoms with Crippen LogP contribution in [0.5, 0.6) is 0 Å². The van der Waals surface area contributed by atoms with Crippen LogP contribution in [0, 0.1) is 23.7 Å². The number of fused-ring (bicyclic) bond motifs is 5. The zero-order valence-corrected chi connectivity index (χ0v) is 12.4. The number of rotatable bonds is 3. The highest BCUT2D eigenvalue weighted by atomic mass is 16.2. The number of carbonyl (C=O) groups is 2. The van der Waals surface area contributed by atoms with E-state index in [1.165, 1.54) is 10.5 Å². The van der Waals surface area contributed by atoms with Crippen molar-refractivity contribution in [2.75, 3.05) is 4.90 Å². The smallest absolute Gasteiger partial charge is 0.237 e. The van der Waals surface area contributed by atoms with Crippen molar-refractivity contribution in [2.24, 2.45) is 23.7 Å². The van der Waals surface area contributed by atoms with Crippen LogP contribution in [0.2, 0.25) is 0 Å². The van der Waals surface area contributed by atoms with E-state index in [4.69, 9.17) is 0 Å². The molecule has 21 heavy (non-hydrogen) atoms. The van der Waals surface area contributed by atoms with E-state index in [0.29, 0.717) is 11.8 Å². The van der Waals surface area contributed by atoms with Gasteiger partial charge in [0.15, 0.2) is 0 Å². The Bertz CT molecular complexity index is 564. The van der Waals surface area contributed by atoms with Gasteiger partial charge in [-0.05, 0) is 55.2 Å². The van der Waals surface area contributed by atoms with Crippen molar-refractivity contribution in [3.8, 4) is 0 Å². The number of benzene rings is 1. The van der Waals surface area contributed by atoms with Crippen LogP contribution in [0.15, 0.2) is 24.3 Å². The molecular weight excluding hydrogens is 262 g/mol. The number of carbonyl (C=O) groups excluding carboxylic acids is 2. The molecule has 4 atom stereocenters. The van der Waals surface area contributed by atoms with Crippen molar-refractivity contribution in [3.63, 3.8) is 0 Å². The summed E-state index contributed by atoms with van der Waals surface area (Å²) in [4.78, 5) is 26.9. The molecule has 1 heterocycles. The lowest BCUT2D eigenvalue weighted by molar-refractivity contribution is -0.123. The molecule has 2 bridgehead atoms. The molecule has 1 aliphatic heterocycles. The molecule has 3 nitrogen and oxygen atoms in total. The predicted octanol–water partition coefficient (Wildman–Crippen LogP) is 3.17. The minimum atomic E-state index is -0.0217. The minimum Gasteiger partial charge on any atom is -0.274 e. The first kappa shape index (κ1) is 13.1. The summed E-state index contributed by atoms with van der Waals surface area (Å²) in [6, 6.07) is 7.96. The van der Waals surface area contributed by atoms with Gasteiger partial charge in [-0.25, -0.2) is 0 Å². The van der Waals surface area contributed by atoms with E-state index < -0.39 is 0 Å². The van der Waals surface area contributed by atoms with Crippen molar-refractivity contribution < 1.29 is 9.59 Å². The van der Waals surface area contributed by atoms with E-state index in [1.54, 1.807) is 0 Å². The van der Waals surface area contributed by atoms with Gasteiger partial charge in [-0.2, -0.15) is 0 Å². The second kappa shape index (κ2) is 4.69. The van der Waals surface area contributed by atoms with E-state index in [-0.39, 0.29) is 23.7 Å². The Hall–Kier alpha value is -1.64. The Morgan fingerprint density at radius 3 is 2.10 bits per heavy atom. The van der Waals surface area contributed by atoms with Gasteiger partial charge in [0.25, 0.3) is 0 Å². The van der Waals surface area contributed by atoms with Gasteiger partial charge >= 0.3 is 0 Å². The zero-order valence-electron chi connectivity index (χ0n) is 12.4. The van der Waals surface area contributed by atoms with Crippen LogP contribution in [0.4, 0.5) is 5.69 Å². The fourth-order valence-electron chi connectivity index (χ4n) is 4.76. The largest absolute Gasteiger partial charge is 0.274 e. The Morgan fingerprint density at radius 1 is 1.00 bits per heavy atom. The normalized spacial score (nSPS) is 33.9. The summed E-state index contributed by atoms with van der Waals surface area (Å²) < 4.78 is 0. The topological polar surface area (TPSA) is 37.4 Å². The van der Waals surface area contributed by atoms with Crippen LogP contribution in [-0.2, 0) is 16.0 Å². The van der Waals surface area contributed by atoms with Crippen LogP contribution in [-0.4, -0.2) is 11.8 Å². The van der Waals surface area contributed by atoms with Gasteiger partial charge in [-0.1, -0.05) is 25.5 Å². The maximum absolute atomic E-state index is 12.7. The minimum absolute atomic E-state index is 0.0217. The van der Waals surface area contributed by atoms with E-state index in [0.717, 1.165) is 37.8 Å². The Kier molecular flexibility index (Phi) is 2.91. The second-order valence-electron chi connectivity index (χ2n) is 6.81. The fraction of sp³-hybridized carbons (Fsp3) is 0.556. The molecule has 3 fully saturated rings. The van der Waals surface area contributed by atoms with Crippen LogP contribution >= 0.6 is 0 Å². The molecule has 0 unspecified atom stereocenters. The van der Waals surface area contributed by atoms with Crippen molar-refractivity contribution in [3.05, 3.63) is 29.8 Å². The summed E-state index contributed by atoms with van der Waals surface area (Å²) in [6.45, 7) is 2.15. The molecule has 1 aromatic carbocycles. The van der Waals surface area contributed by atoms with E-state index in [2.05, 4.69) is 6.92 Å². The highest BCUT2D eigenvalue weighted by Gasteiger charge is 2.61. The molecule has 110 valence electrons. The van der Waals surface area contributed by atoms with Gasteiger partial charge in [0.2, 0.25) is 11.8 Å². The van der Waals surface area contributed by atoms with E-state index in [1.807, 2.05) is 24.3 Å². The van der Waals surface area contributed by atoms with Crippen LogP contribution in [0.1, 0.15) is 38.2 Å². The van der Waals surface area contributed by atoms with Crippen LogP contribution < -0.4 is 4.90 Å². The quantitative estimate of drug-likeness (QED) is 0.799. The van der Waals surface area contributed by atoms with Gasteiger partial charge in [0, 0.05) is 0 Å². The van der Waals surface area contributed by atoms with Crippen LogP contribution in [0.25, 0.3) is 0 Å². The monoisotopic (exact) mass is 283 g/mol. The second-order valence-corrected chi connectivity index (χ2v) is 6.81. The highest BCUT2D eigenvalue weighted by molar-refractivity contribution is 6.22. The molecule has 3 aliphatic rings. The number of imide groups is 1. The van der Waals surface area contributed by atoms with Gasteiger partial charge in [-0.3, -0.25) is 14.5 Å². The number of aryl methyl sites for hydroxylation is 1. The number of amides is 2. The third-order valence-corrected chi connectivity index (χ3v) is 5.66. The molecule has 1 saturated heterocycles. The van der Waals surface area contributed by atoms with Crippen molar-refractivity contribution in [2.45, 2.75) is 39.0 Å². The van der Waals surface area contributed by atoms with E-state index >= 15 is 0 Å². The highest BCUT2D eigenvalue weighted by Crippen LogP contribution is 2.56. The predicted molar refractivity (Wildman–Crippen MR) is 80.7 cm³/mol. The lowest BCUT2D eigenvalue weighted by atomic mass is 9.81. The van der Waals surface area contributed by atoms with E-state index in [9.17, 15) is 9.59 Å². The molecule has 2 amide bonds. The molecule has 4 rings (SSSR count). The lowest BCUT2D eigenvalue weighted by Crippen LogP contribution is -2.32. The summed E-state index contributed by atoms with van der Waals surface area (Å²) in [6.07, 6.45) is 5.50. The first-order chi connectivity index (χ1) is 10.2. The summed E-state index contributed by atoms with van der Waals surface area (Å²) in [5.74, 6) is 0.987. The molecular formula is C18H21NO2. The van der Waals surface area contributed by atoms with Crippen molar-refractivity contribution >= 4 is 17.5 Å². The maximum Gasteiger partial charge on any atom is 0.237 e. The van der Waals surface area contributed by atoms with Gasteiger partial charge in [0.1, 0.15) is 0 Å². The third-order valence-electron chi connectivity index (χ3n) is 5.66. The molecule has 0 spiro atoms. The number of nitrogens with zero attached hydrogens (tertiary/aromatic N) is 1. The average Bonchev–Trinajstić information content (AvgIpc) is 3.15. The van der Waals surface area contributed by atoms with Gasteiger partial charge < -0.3 is 0 Å². The first-order valence-corrected chi connectivity index (χ1v) is 8.17.